The molecule has 2 N–H and O–H groups in total. The second-order valence-electron chi connectivity index (χ2n) is 5.69. The molecule has 4 rings (SSSR count). The molecule has 0 amide bonds. The lowest BCUT2D eigenvalue weighted by atomic mass is 10.00. The number of hydrogen-bond acceptors (Lipinski definition) is 5. The van der Waals surface area contributed by atoms with Gasteiger partial charge >= 0.3 is 0 Å². The Hall–Kier alpha value is -3.54. The predicted molar refractivity (Wildman–Crippen MR) is 96.1 cm³/mol. The summed E-state index contributed by atoms with van der Waals surface area (Å²) in [5.74, 6) is 0.369. The number of carbonyl (C=O) groups excluding carboxylic acids is 1. The molecule has 0 aliphatic rings. The van der Waals surface area contributed by atoms with Crippen molar-refractivity contribution in [3.63, 3.8) is 0 Å². The highest BCUT2D eigenvalue weighted by Gasteiger charge is 2.16. The zero-order valence-electron chi connectivity index (χ0n) is 13.5. The van der Waals surface area contributed by atoms with Crippen molar-refractivity contribution in [2.45, 2.75) is 6.92 Å². The van der Waals surface area contributed by atoms with Crippen LogP contribution in [0.4, 0.5) is 5.82 Å². The van der Waals surface area contributed by atoms with Gasteiger partial charge in [0.2, 0.25) is 0 Å². The molecule has 122 valence electrons. The molecular weight excluding hydrogens is 314 g/mol. The Balaban J connectivity index is 1.90. The number of pyridine rings is 1. The van der Waals surface area contributed by atoms with Gasteiger partial charge in [0, 0.05) is 29.7 Å². The van der Waals surface area contributed by atoms with Crippen molar-refractivity contribution in [3.05, 3.63) is 66.6 Å². The van der Waals surface area contributed by atoms with Crippen LogP contribution in [0.1, 0.15) is 17.3 Å². The van der Waals surface area contributed by atoms with E-state index in [4.69, 9.17) is 5.73 Å². The second-order valence-corrected chi connectivity index (χ2v) is 5.69. The maximum Gasteiger partial charge on any atom is 0.166 e. The predicted octanol–water partition coefficient (Wildman–Crippen LogP) is 3.24. The molecule has 0 bridgehead atoms. The summed E-state index contributed by atoms with van der Waals surface area (Å²) in [6, 6.07) is 13.0. The standard InChI is InChI=1S/C19H15N5O/c1-12(25)14-6-2-3-7-15(14)13-10-22-19-17(16-8-4-5-9-21-16)18(20)23-24(19)11-13/h2-11H,1H3,(H2,20,23). The molecule has 0 atom stereocenters. The van der Waals surface area contributed by atoms with Gasteiger partial charge in [-0.3, -0.25) is 9.78 Å². The maximum atomic E-state index is 11.9. The van der Waals surface area contributed by atoms with Crippen LogP contribution in [-0.2, 0) is 0 Å². The van der Waals surface area contributed by atoms with Crippen LogP contribution in [0.2, 0.25) is 0 Å². The van der Waals surface area contributed by atoms with Crippen LogP contribution < -0.4 is 5.73 Å². The van der Waals surface area contributed by atoms with E-state index in [0.29, 0.717) is 22.6 Å². The molecule has 0 fully saturated rings. The first-order valence-corrected chi connectivity index (χ1v) is 7.81. The van der Waals surface area contributed by atoms with Crippen molar-refractivity contribution in [3.8, 4) is 22.4 Å². The van der Waals surface area contributed by atoms with Crippen molar-refractivity contribution in [2.75, 3.05) is 5.73 Å². The average Bonchev–Trinajstić information content (AvgIpc) is 2.97. The van der Waals surface area contributed by atoms with Gasteiger partial charge < -0.3 is 5.73 Å². The quantitative estimate of drug-likeness (QED) is 0.583. The molecule has 0 aliphatic heterocycles. The zero-order chi connectivity index (χ0) is 17.4. The topological polar surface area (TPSA) is 86.2 Å². The highest BCUT2D eigenvalue weighted by Crippen LogP contribution is 2.29. The van der Waals surface area contributed by atoms with Gasteiger partial charge in [-0.05, 0) is 24.6 Å². The van der Waals surface area contributed by atoms with Gasteiger partial charge in [0.05, 0.1) is 11.3 Å². The molecule has 3 heterocycles. The summed E-state index contributed by atoms with van der Waals surface area (Å²) < 4.78 is 1.63. The minimum Gasteiger partial charge on any atom is -0.382 e. The van der Waals surface area contributed by atoms with E-state index >= 15 is 0 Å². The summed E-state index contributed by atoms with van der Waals surface area (Å²) in [4.78, 5) is 20.7. The van der Waals surface area contributed by atoms with Crippen LogP contribution in [0, 0.1) is 0 Å². The fourth-order valence-corrected chi connectivity index (χ4v) is 2.89. The van der Waals surface area contributed by atoms with E-state index in [1.54, 1.807) is 29.9 Å². The van der Waals surface area contributed by atoms with Crippen molar-refractivity contribution in [1.82, 2.24) is 19.6 Å². The van der Waals surface area contributed by atoms with Crippen molar-refractivity contribution in [2.24, 2.45) is 0 Å². The Morgan fingerprint density at radius 3 is 2.64 bits per heavy atom. The van der Waals surface area contributed by atoms with E-state index in [0.717, 1.165) is 16.8 Å². The van der Waals surface area contributed by atoms with Crippen molar-refractivity contribution < 1.29 is 4.79 Å². The fraction of sp³-hybridized carbons (Fsp3) is 0.0526. The lowest BCUT2D eigenvalue weighted by Gasteiger charge is -2.07. The van der Waals surface area contributed by atoms with E-state index in [2.05, 4.69) is 15.1 Å². The number of fused-ring (bicyclic) bond motifs is 1. The normalized spacial score (nSPS) is 10.9. The van der Waals surface area contributed by atoms with Gasteiger partial charge in [0.1, 0.15) is 0 Å². The molecular formula is C19H15N5O. The van der Waals surface area contributed by atoms with E-state index in [-0.39, 0.29) is 5.78 Å². The number of nitrogens with two attached hydrogens (primary N) is 1. The van der Waals surface area contributed by atoms with E-state index < -0.39 is 0 Å². The third-order valence-corrected chi connectivity index (χ3v) is 4.04. The van der Waals surface area contributed by atoms with Gasteiger partial charge in [0.15, 0.2) is 17.2 Å². The number of rotatable bonds is 3. The Morgan fingerprint density at radius 1 is 1.08 bits per heavy atom. The molecule has 0 saturated heterocycles. The molecule has 0 saturated carbocycles. The Morgan fingerprint density at radius 2 is 1.88 bits per heavy atom. The van der Waals surface area contributed by atoms with E-state index in [9.17, 15) is 4.79 Å². The molecule has 0 unspecified atom stereocenters. The maximum absolute atomic E-state index is 11.9. The van der Waals surface area contributed by atoms with Gasteiger partial charge in [-0.1, -0.05) is 30.3 Å². The van der Waals surface area contributed by atoms with E-state index in [1.165, 1.54) is 0 Å². The smallest absolute Gasteiger partial charge is 0.166 e. The first kappa shape index (κ1) is 15.0. The number of anilines is 1. The van der Waals surface area contributed by atoms with Crippen LogP contribution >= 0.6 is 0 Å². The SMILES string of the molecule is CC(=O)c1ccccc1-c1cnc2c(-c3ccccn3)c(N)nn2c1. The Bertz CT molecular complexity index is 1090. The van der Waals surface area contributed by atoms with Gasteiger partial charge in [0.25, 0.3) is 0 Å². The summed E-state index contributed by atoms with van der Waals surface area (Å²) in [6.45, 7) is 1.55. The molecule has 6 heteroatoms. The lowest BCUT2D eigenvalue weighted by molar-refractivity contribution is 0.101. The monoisotopic (exact) mass is 329 g/mol. The number of nitrogens with zero attached hydrogens (tertiary/aromatic N) is 4. The summed E-state index contributed by atoms with van der Waals surface area (Å²) in [5, 5.41) is 4.36. The molecule has 0 radical (unpaired) electrons. The highest BCUT2D eigenvalue weighted by molar-refractivity contribution is 6.00. The van der Waals surface area contributed by atoms with Crippen LogP contribution in [0.25, 0.3) is 28.0 Å². The molecule has 4 aromatic rings. The number of hydrogen-bond donors (Lipinski definition) is 1. The van der Waals surface area contributed by atoms with Gasteiger partial charge in [-0.25, -0.2) is 9.50 Å². The third kappa shape index (κ3) is 2.53. The number of carbonyl (C=O) groups is 1. The van der Waals surface area contributed by atoms with Gasteiger partial charge in [-0.15, -0.1) is 5.10 Å². The fourth-order valence-electron chi connectivity index (χ4n) is 2.89. The first-order chi connectivity index (χ1) is 12.1. The molecule has 6 nitrogen and oxygen atoms in total. The number of aromatic nitrogens is 4. The molecule has 3 aromatic heterocycles. The summed E-state index contributed by atoms with van der Waals surface area (Å²) >= 11 is 0. The van der Waals surface area contributed by atoms with E-state index in [1.807, 2.05) is 42.6 Å². The van der Waals surface area contributed by atoms with Crippen molar-refractivity contribution in [1.29, 1.82) is 0 Å². The molecule has 0 aliphatic carbocycles. The number of Topliss-reactive ketones (excluding diaryl/α,β-unsaturated/α-hetero) is 1. The second kappa shape index (κ2) is 5.83. The number of nitrogen functional groups attached to an aromatic ring is 1. The minimum absolute atomic E-state index is 0.00449. The Labute approximate surface area is 144 Å². The summed E-state index contributed by atoms with van der Waals surface area (Å²) in [5.41, 5.74) is 10.4. The third-order valence-electron chi connectivity index (χ3n) is 4.04. The number of ketones is 1. The lowest BCUT2D eigenvalue weighted by Crippen LogP contribution is -1.98. The summed E-state index contributed by atoms with van der Waals surface area (Å²) in [7, 11) is 0. The zero-order valence-corrected chi connectivity index (χ0v) is 13.5. The highest BCUT2D eigenvalue weighted by atomic mass is 16.1. The molecule has 1 aromatic carbocycles. The molecule has 25 heavy (non-hydrogen) atoms. The van der Waals surface area contributed by atoms with Gasteiger partial charge in [-0.2, -0.15) is 0 Å². The van der Waals surface area contributed by atoms with Crippen LogP contribution in [0.15, 0.2) is 61.1 Å². The van der Waals surface area contributed by atoms with Crippen LogP contribution in [0.5, 0.6) is 0 Å². The first-order valence-electron chi connectivity index (χ1n) is 7.81. The largest absolute Gasteiger partial charge is 0.382 e. The van der Waals surface area contributed by atoms with Crippen LogP contribution in [0.3, 0.4) is 0 Å². The molecule has 0 spiro atoms. The average molecular weight is 329 g/mol. The summed E-state index contributed by atoms with van der Waals surface area (Å²) in [6.07, 6.45) is 5.26. The van der Waals surface area contributed by atoms with Crippen LogP contribution in [-0.4, -0.2) is 25.4 Å². The number of benzene rings is 1. The van der Waals surface area contributed by atoms with Crippen molar-refractivity contribution >= 4 is 17.2 Å². The Kier molecular flexibility index (Phi) is 3.50. The minimum atomic E-state index is 0.00449.